The molecule has 0 unspecified atom stereocenters. The normalized spacial score (nSPS) is 18.6. The summed E-state index contributed by atoms with van der Waals surface area (Å²) in [5.41, 5.74) is 2.22. The molecule has 1 saturated carbocycles. The molecule has 0 amide bonds. The molecular weight excluding hydrogens is 210 g/mol. The summed E-state index contributed by atoms with van der Waals surface area (Å²) >= 11 is 0. The molecule has 88 valence electrons. The van der Waals surface area contributed by atoms with Crippen LogP contribution in [0.15, 0.2) is 30.5 Å². The molecule has 1 aromatic heterocycles. The molecule has 1 aliphatic carbocycles. The Hall–Kier alpha value is -1.57. The minimum absolute atomic E-state index is 0.221. The number of carbonyl (C=O) groups excluding carboxylic acids is 1. The molecule has 0 bridgehead atoms. The Morgan fingerprint density at radius 3 is 2.65 bits per heavy atom. The van der Waals surface area contributed by atoms with E-state index in [1.54, 1.807) is 0 Å². The Morgan fingerprint density at radius 2 is 1.94 bits per heavy atom. The van der Waals surface area contributed by atoms with Crippen LogP contribution in [0.4, 0.5) is 0 Å². The highest BCUT2D eigenvalue weighted by molar-refractivity contribution is 5.89. The fourth-order valence-corrected chi connectivity index (χ4v) is 3.20. The second kappa shape index (κ2) is 3.73. The van der Waals surface area contributed by atoms with Gasteiger partial charge in [0.25, 0.3) is 0 Å². The highest BCUT2D eigenvalue weighted by Crippen LogP contribution is 2.42. The van der Waals surface area contributed by atoms with Crippen molar-refractivity contribution >= 4 is 17.2 Å². The van der Waals surface area contributed by atoms with Gasteiger partial charge in [0.2, 0.25) is 0 Å². The van der Waals surface area contributed by atoms with E-state index in [0.717, 1.165) is 12.8 Å². The molecule has 1 aromatic carbocycles. The fraction of sp³-hybridized carbons (Fsp3) is 0.400. The van der Waals surface area contributed by atoms with Gasteiger partial charge >= 0.3 is 0 Å². The Morgan fingerprint density at radius 1 is 1.24 bits per heavy atom. The molecule has 0 atom stereocenters. The van der Waals surface area contributed by atoms with Crippen molar-refractivity contribution in [1.29, 1.82) is 0 Å². The van der Waals surface area contributed by atoms with Gasteiger partial charge in [0.1, 0.15) is 6.29 Å². The summed E-state index contributed by atoms with van der Waals surface area (Å²) in [7, 11) is 2.05. The van der Waals surface area contributed by atoms with Gasteiger partial charge in [-0.15, -0.1) is 0 Å². The van der Waals surface area contributed by atoms with Crippen LogP contribution >= 0.6 is 0 Å². The van der Waals surface area contributed by atoms with E-state index in [-0.39, 0.29) is 5.41 Å². The minimum Gasteiger partial charge on any atom is -0.350 e. The summed E-state index contributed by atoms with van der Waals surface area (Å²) in [5.74, 6) is 0. The van der Waals surface area contributed by atoms with E-state index in [9.17, 15) is 4.79 Å². The Labute approximate surface area is 101 Å². The highest BCUT2D eigenvalue weighted by Gasteiger charge is 2.37. The Balaban J connectivity index is 2.26. The molecule has 1 fully saturated rings. The van der Waals surface area contributed by atoms with Gasteiger partial charge in [-0.25, -0.2) is 0 Å². The van der Waals surface area contributed by atoms with E-state index in [1.165, 1.54) is 35.6 Å². The van der Waals surface area contributed by atoms with Gasteiger partial charge in [-0.05, 0) is 24.5 Å². The minimum atomic E-state index is -0.221. The summed E-state index contributed by atoms with van der Waals surface area (Å²) < 4.78 is 2.13. The van der Waals surface area contributed by atoms with Crippen LogP contribution in [0.5, 0.6) is 0 Å². The van der Waals surface area contributed by atoms with Crippen LogP contribution in [-0.4, -0.2) is 10.9 Å². The van der Waals surface area contributed by atoms with Gasteiger partial charge in [0, 0.05) is 24.1 Å². The number of fused-ring (bicyclic) bond motifs is 1. The third kappa shape index (κ3) is 1.43. The molecule has 1 heterocycles. The van der Waals surface area contributed by atoms with Crippen molar-refractivity contribution in [3.8, 4) is 0 Å². The first-order valence-electron chi connectivity index (χ1n) is 6.28. The fourth-order valence-electron chi connectivity index (χ4n) is 3.20. The zero-order valence-corrected chi connectivity index (χ0v) is 10.1. The van der Waals surface area contributed by atoms with Gasteiger partial charge in [-0.1, -0.05) is 31.0 Å². The predicted octanol–water partition coefficient (Wildman–Crippen LogP) is 3.19. The number of aromatic nitrogens is 1. The molecule has 2 heteroatoms. The largest absolute Gasteiger partial charge is 0.350 e. The van der Waals surface area contributed by atoms with E-state index >= 15 is 0 Å². The number of aldehydes is 1. The zero-order chi connectivity index (χ0) is 11.9. The van der Waals surface area contributed by atoms with Crippen molar-refractivity contribution < 1.29 is 4.79 Å². The summed E-state index contributed by atoms with van der Waals surface area (Å²) in [4.78, 5) is 11.6. The van der Waals surface area contributed by atoms with Gasteiger partial charge in [0.15, 0.2) is 0 Å². The lowest BCUT2D eigenvalue weighted by Crippen LogP contribution is -2.23. The van der Waals surface area contributed by atoms with E-state index in [2.05, 4.69) is 36.0 Å². The van der Waals surface area contributed by atoms with Crippen molar-refractivity contribution in [3.05, 3.63) is 36.0 Å². The molecule has 0 N–H and O–H groups in total. The number of rotatable bonds is 2. The number of aryl methyl sites for hydroxylation is 1. The zero-order valence-electron chi connectivity index (χ0n) is 10.1. The van der Waals surface area contributed by atoms with Gasteiger partial charge in [-0.2, -0.15) is 0 Å². The van der Waals surface area contributed by atoms with Gasteiger partial charge in [0.05, 0.1) is 5.41 Å². The van der Waals surface area contributed by atoms with Crippen molar-refractivity contribution in [2.24, 2.45) is 7.05 Å². The summed E-state index contributed by atoms with van der Waals surface area (Å²) in [5, 5.41) is 1.24. The van der Waals surface area contributed by atoms with E-state index < -0.39 is 0 Å². The number of hydrogen-bond acceptors (Lipinski definition) is 1. The third-order valence-corrected chi connectivity index (χ3v) is 4.15. The summed E-state index contributed by atoms with van der Waals surface area (Å²) in [6.45, 7) is 0. The molecule has 0 radical (unpaired) electrons. The first kappa shape index (κ1) is 10.6. The second-order valence-electron chi connectivity index (χ2n) is 5.15. The smallest absolute Gasteiger partial charge is 0.130 e. The number of carbonyl (C=O) groups is 1. The van der Waals surface area contributed by atoms with Crippen LogP contribution < -0.4 is 0 Å². The number of nitrogens with zero attached hydrogens (tertiary/aromatic N) is 1. The topological polar surface area (TPSA) is 22.0 Å². The number of para-hydroxylation sites is 1. The maximum Gasteiger partial charge on any atom is 0.130 e. The first-order chi connectivity index (χ1) is 8.27. The quantitative estimate of drug-likeness (QED) is 0.722. The van der Waals surface area contributed by atoms with Crippen molar-refractivity contribution in [2.45, 2.75) is 31.1 Å². The predicted molar refractivity (Wildman–Crippen MR) is 69.1 cm³/mol. The lowest BCUT2D eigenvalue weighted by Gasteiger charge is -2.21. The first-order valence-corrected chi connectivity index (χ1v) is 6.28. The third-order valence-electron chi connectivity index (χ3n) is 4.15. The molecule has 0 saturated heterocycles. The molecule has 2 aromatic rings. The molecule has 2 nitrogen and oxygen atoms in total. The standard InChI is InChI=1S/C15H17NO/c1-16-10-13(12-6-2-3-7-14(12)16)15(11-17)8-4-5-9-15/h2-3,6-7,10-11H,4-5,8-9H2,1H3. The van der Waals surface area contributed by atoms with Crippen LogP contribution in [0.1, 0.15) is 31.2 Å². The van der Waals surface area contributed by atoms with Crippen LogP contribution in [0.2, 0.25) is 0 Å². The highest BCUT2D eigenvalue weighted by atomic mass is 16.1. The average molecular weight is 227 g/mol. The van der Waals surface area contributed by atoms with E-state index in [0.29, 0.717) is 0 Å². The second-order valence-corrected chi connectivity index (χ2v) is 5.15. The Bertz CT molecular complexity index is 561. The van der Waals surface area contributed by atoms with Crippen molar-refractivity contribution in [3.63, 3.8) is 0 Å². The summed E-state index contributed by atoms with van der Waals surface area (Å²) in [6, 6.07) is 8.36. The molecule has 0 spiro atoms. The van der Waals surface area contributed by atoms with Crippen LogP contribution in [0.25, 0.3) is 10.9 Å². The van der Waals surface area contributed by atoms with Gasteiger partial charge < -0.3 is 9.36 Å². The Kier molecular flexibility index (Phi) is 2.32. The van der Waals surface area contributed by atoms with Crippen LogP contribution in [0.3, 0.4) is 0 Å². The van der Waals surface area contributed by atoms with E-state index in [1.807, 2.05) is 6.07 Å². The number of benzene rings is 1. The molecule has 0 aliphatic heterocycles. The van der Waals surface area contributed by atoms with Crippen molar-refractivity contribution in [1.82, 2.24) is 4.57 Å². The van der Waals surface area contributed by atoms with Crippen molar-refractivity contribution in [2.75, 3.05) is 0 Å². The number of hydrogen-bond donors (Lipinski definition) is 0. The molecule has 1 aliphatic rings. The lowest BCUT2D eigenvalue weighted by atomic mass is 9.80. The maximum absolute atomic E-state index is 11.6. The molecule has 17 heavy (non-hydrogen) atoms. The summed E-state index contributed by atoms with van der Waals surface area (Å²) in [6.07, 6.45) is 7.67. The van der Waals surface area contributed by atoms with Crippen LogP contribution in [0, 0.1) is 0 Å². The average Bonchev–Trinajstić information content (AvgIpc) is 2.96. The monoisotopic (exact) mass is 227 g/mol. The maximum atomic E-state index is 11.6. The van der Waals surface area contributed by atoms with Gasteiger partial charge in [-0.3, -0.25) is 0 Å². The lowest BCUT2D eigenvalue weighted by molar-refractivity contribution is -0.112. The molecule has 3 rings (SSSR count). The SMILES string of the molecule is Cn1cc(C2(C=O)CCCC2)c2ccccc21. The molecular formula is C15H17NO. The van der Waals surface area contributed by atoms with E-state index in [4.69, 9.17) is 0 Å². The van der Waals surface area contributed by atoms with Crippen LogP contribution in [-0.2, 0) is 17.3 Å².